The Hall–Kier alpha value is -0.830. The van der Waals surface area contributed by atoms with Crippen molar-refractivity contribution in [3.8, 4) is 0 Å². The predicted octanol–water partition coefficient (Wildman–Crippen LogP) is 0.674. The van der Waals surface area contributed by atoms with Crippen LogP contribution < -0.4 is 5.32 Å². The zero-order chi connectivity index (χ0) is 8.55. The summed E-state index contributed by atoms with van der Waals surface area (Å²) in [5.74, 6) is 0.541. The van der Waals surface area contributed by atoms with Crippen molar-refractivity contribution in [1.82, 2.24) is 10.2 Å². The van der Waals surface area contributed by atoms with E-state index < -0.39 is 0 Å². The summed E-state index contributed by atoms with van der Waals surface area (Å²) in [6, 6.07) is 0. The second-order valence-electron chi connectivity index (χ2n) is 3.75. The molecular weight excluding hydrogens is 150 g/mol. The number of nitrogens with zero attached hydrogens (tertiary/aromatic N) is 1. The van der Waals surface area contributed by atoms with Gasteiger partial charge in [0.05, 0.1) is 12.2 Å². The number of hydrogen-bond acceptors (Lipinski definition) is 1. The summed E-state index contributed by atoms with van der Waals surface area (Å²) in [7, 11) is 0. The van der Waals surface area contributed by atoms with E-state index in [1.54, 1.807) is 0 Å². The van der Waals surface area contributed by atoms with Crippen LogP contribution in [0, 0.1) is 0 Å². The standard InChI is InChI=1S/C9H15N3/c1-6(2)8-9-7(11-12-8)4-3-5-10-9/h6,10H,3-5H2,1-2H3,(H,11,12)/p+1. The van der Waals surface area contributed by atoms with E-state index in [4.69, 9.17) is 0 Å². The molecule has 3 heteroatoms. The quantitative estimate of drug-likeness (QED) is 0.633. The van der Waals surface area contributed by atoms with Gasteiger partial charge in [0.1, 0.15) is 5.69 Å². The molecule has 2 rings (SSSR count). The summed E-state index contributed by atoms with van der Waals surface area (Å²) in [6.07, 6.45) is 2.44. The van der Waals surface area contributed by atoms with Gasteiger partial charge < -0.3 is 5.32 Å². The Morgan fingerprint density at radius 3 is 3.08 bits per heavy atom. The molecule has 12 heavy (non-hydrogen) atoms. The number of aromatic nitrogens is 2. The van der Waals surface area contributed by atoms with Gasteiger partial charge in [0, 0.05) is 18.8 Å². The number of fused-ring (bicyclic) bond motifs is 1. The Balaban J connectivity index is 2.38. The van der Waals surface area contributed by atoms with Crippen LogP contribution in [-0.2, 0) is 6.42 Å². The maximum Gasteiger partial charge on any atom is 0.174 e. The summed E-state index contributed by atoms with van der Waals surface area (Å²) in [5, 5.41) is 9.78. The van der Waals surface area contributed by atoms with Crippen molar-refractivity contribution < 1.29 is 5.32 Å². The van der Waals surface area contributed by atoms with Crippen LogP contribution in [-0.4, -0.2) is 16.7 Å². The third-order valence-corrected chi connectivity index (χ3v) is 2.44. The van der Waals surface area contributed by atoms with E-state index in [1.807, 2.05) is 0 Å². The minimum absolute atomic E-state index is 0.541. The lowest BCUT2D eigenvalue weighted by molar-refractivity contribution is -0.576. The van der Waals surface area contributed by atoms with Crippen LogP contribution >= 0.6 is 0 Å². The van der Waals surface area contributed by atoms with Crippen LogP contribution in [0.3, 0.4) is 0 Å². The summed E-state index contributed by atoms with van der Waals surface area (Å²) < 4.78 is 0. The maximum absolute atomic E-state index is 4.34. The number of rotatable bonds is 1. The van der Waals surface area contributed by atoms with Crippen LogP contribution in [0.25, 0.3) is 0 Å². The summed E-state index contributed by atoms with van der Waals surface area (Å²) >= 11 is 0. The Labute approximate surface area is 72.6 Å². The first-order valence-corrected chi connectivity index (χ1v) is 4.69. The molecule has 0 saturated heterocycles. The van der Waals surface area contributed by atoms with Gasteiger partial charge in [0.25, 0.3) is 0 Å². The Kier molecular flexibility index (Phi) is 1.89. The second kappa shape index (κ2) is 2.90. The van der Waals surface area contributed by atoms with E-state index in [-0.39, 0.29) is 0 Å². The molecule has 0 aliphatic carbocycles. The van der Waals surface area contributed by atoms with Gasteiger partial charge >= 0.3 is 0 Å². The van der Waals surface area contributed by atoms with E-state index in [1.165, 1.54) is 36.5 Å². The number of nitrogens with two attached hydrogens (primary N) is 1. The monoisotopic (exact) mass is 166 g/mol. The third kappa shape index (κ3) is 1.14. The van der Waals surface area contributed by atoms with Crippen molar-refractivity contribution >= 4 is 5.69 Å². The van der Waals surface area contributed by atoms with E-state index >= 15 is 0 Å². The fraction of sp³-hybridized carbons (Fsp3) is 0.667. The van der Waals surface area contributed by atoms with Gasteiger partial charge in [-0.25, -0.2) is 0 Å². The molecule has 0 saturated carbocycles. The molecule has 0 amide bonds. The van der Waals surface area contributed by atoms with Crippen molar-refractivity contribution in [2.24, 2.45) is 0 Å². The number of nitrogens with one attached hydrogen (secondary N) is 1. The number of hydrogen-bond donors (Lipinski definition) is 2. The zero-order valence-corrected chi connectivity index (χ0v) is 7.72. The fourth-order valence-electron chi connectivity index (χ4n) is 1.79. The smallest absolute Gasteiger partial charge is 0.174 e. The highest BCUT2D eigenvalue weighted by atomic mass is 15.2. The lowest BCUT2D eigenvalue weighted by atomic mass is 10.0. The highest BCUT2D eigenvalue weighted by molar-refractivity contribution is 5.41. The zero-order valence-electron chi connectivity index (χ0n) is 7.72. The Morgan fingerprint density at radius 1 is 1.50 bits per heavy atom. The van der Waals surface area contributed by atoms with Crippen molar-refractivity contribution in [3.63, 3.8) is 0 Å². The normalized spacial score (nSPS) is 16.6. The average molecular weight is 166 g/mol. The van der Waals surface area contributed by atoms with Crippen LogP contribution in [0.1, 0.15) is 37.6 Å². The fourth-order valence-corrected chi connectivity index (χ4v) is 1.79. The second-order valence-corrected chi connectivity index (χ2v) is 3.75. The molecule has 0 spiro atoms. The summed E-state index contributed by atoms with van der Waals surface area (Å²) in [6.45, 7) is 5.60. The third-order valence-electron chi connectivity index (χ3n) is 2.44. The van der Waals surface area contributed by atoms with Gasteiger partial charge in [-0.1, -0.05) is 13.8 Å². The lowest BCUT2D eigenvalue weighted by Gasteiger charge is -2.09. The number of aryl methyl sites for hydroxylation is 1. The first-order valence-electron chi connectivity index (χ1n) is 4.69. The van der Waals surface area contributed by atoms with Crippen LogP contribution in [0.2, 0.25) is 0 Å². The summed E-state index contributed by atoms with van der Waals surface area (Å²) in [5.41, 5.74) is 3.96. The molecule has 1 aromatic rings. The molecule has 1 aromatic heterocycles. The highest BCUT2D eigenvalue weighted by Crippen LogP contribution is 2.23. The lowest BCUT2D eigenvalue weighted by Crippen LogP contribution is -2.80. The van der Waals surface area contributed by atoms with E-state index in [2.05, 4.69) is 29.4 Å². The molecule has 0 fully saturated rings. The highest BCUT2D eigenvalue weighted by Gasteiger charge is 2.21. The van der Waals surface area contributed by atoms with Gasteiger partial charge in [0.15, 0.2) is 5.69 Å². The van der Waals surface area contributed by atoms with Crippen LogP contribution in [0.15, 0.2) is 0 Å². The van der Waals surface area contributed by atoms with Crippen molar-refractivity contribution in [1.29, 1.82) is 0 Å². The van der Waals surface area contributed by atoms with Gasteiger partial charge in [-0.05, 0) is 0 Å². The Morgan fingerprint density at radius 2 is 2.33 bits per heavy atom. The van der Waals surface area contributed by atoms with Crippen molar-refractivity contribution in [2.45, 2.75) is 32.6 Å². The molecule has 1 aliphatic heterocycles. The number of quaternary nitrogens is 1. The number of aromatic amines is 1. The minimum atomic E-state index is 0.541. The molecular formula is C9H16N3+. The van der Waals surface area contributed by atoms with E-state index in [9.17, 15) is 0 Å². The van der Waals surface area contributed by atoms with E-state index in [0.29, 0.717) is 5.92 Å². The largest absolute Gasteiger partial charge is 0.311 e. The Bertz CT molecular complexity index is 275. The van der Waals surface area contributed by atoms with E-state index in [0.717, 1.165) is 0 Å². The first kappa shape index (κ1) is 7.80. The van der Waals surface area contributed by atoms with Crippen molar-refractivity contribution in [2.75, 3.05) is 6.54 Å². The molecule has 0 radical (unpaired) electrons. The molecule has 0 unspecified atom stereocenters. The van der Waals surface area contributed by atoms with Crippen LogP contribution in [0.5, 0.6) is 0 Å². The average Bonchev–Trinajstić information content (AvgIpc) is 2.47. The summed E-state index contributed by atoms with van der Waals surface area (Å²) in [4.78, 5) is 0. The molecule has 1 aliphatic rings. The van der Waals surface area contributed by atoms with Gasteiger partial charge in [-0.3, -0.25) is 5.10 Å². The minimum Gasteiger partial charge on any atom is -0.311 e. The van der Waals surface area contributed by atoms with Gasteiger partial charge in [-0.15, -0.1) is 0 Å². The number of H-pyrrole nitrogens is 1. The van der Waals surface area contributed by atoms with Gasteiger partial charge in [-0.2, -0.15) is 5.10 Å². The molecule has 3 N–H and O–H groups in total. The predicted molar refractivity (Wildman–Crippen MR) is 47.5 cm³/mol. The first-order chi connectivity index (χ1) is 5.79. The van der Waals surface area contributed by atoms with Gasteiger partial charge in [0.2, 0.25) is 0 Å². The SMILES string of the molecule is CC(C)c1n[nH]c2c1[NH2+]CCC2. The van der Waals surface area contributed by atoms with Crippen LogP contribution in [0.4, 0.5) is 5.69 Å². The molecule has 0 atom stereocenters. The topological polar surface area (TPSA) is 45.3 Å². The molecule has 2 heterocycles. The molecule has 66 valence electrons. The molecule has 3 nitrogen and oxygen atoms in total. The molecule has 0 aromatic carbocycles. The molecule has 0 bridgehead atoms. The van der Waals surface area contributed by atoms with Crippen molar-refractivity contribution in [3.05, 3.63) is 11.4 Å². The maximum atomic E-state index is 4.34.